The van der Waals surface area contributed by atoms with Gasteiger partial charge in [-0.3, -0.25) is 4.68 Å². The Morgan fingerprint density at radius 1 is 1.30 bits per heavy atom. The van der Waals surface area contributed by atoms with Crippen LogP contribution in [0.15, 0.2) is 36.5 Å². The minimum absolute atomic E-state index is 0.474. The van der Waals surface area contributed by atoms with Crippen molar-refractivity contribution in [2.75, 3.05) is 0 Å². The molecule has 0 saturated heterocycles. The lowest BCUT2D eigenvalue weighted by atomic mass is 9.89. The fourth-order valence-electron chi connectivity index (χ4n) is 3.30. The fourth-order valence-corrected chi connectivity index (χ4v) is 4.52. The number of aryl methyl sites for hydroxylation is 2. The van der Waals surface area contributed by atoms with Gasteiger partial charge in [0.2, 0.25) is 0 Å². The first-order valence-corrected chi connectivity index (χ1v) is 8.40. The van der Waals surface area contributed by atoms with Crippen molar-refractivity contribution >= 4 is 17.3 Å². The smallest absolute Gasteiger partial charge is 0.346 e. The maximum atomic E-state index is 11.6. The third-order valence-corrected chi connectivity index (χ3v) is 5.49. The number of rotatable bonds is 3. The Morgan fingerprint density at radius 3 is 2.83 bits per heavy atom. The van der Waals surface area contributed by atoms with Crippen molar-refractivity contribution in [1.82, 2.24) is 9.78 Å². The number of carboxylic acid groups (broad SMARTS) is 1. The lowest BCUT2D eigenvalue weighted by molar-refractivity contribution is 0.0701. The minimum Gasteiger partial charge on any atom is -0.477 e. The highest BCUT2D eigenvalue weighted by atomic mass is 32.1. The second-order valence-electron chi connectivity index (χ2n) is 5.85. The molecule has 1 aromatic carbocycles. The van der Waals surface area contributed by atoms with Gasteiger partial charge in [-0.2, -0.15) is 5.10 Å². The first-order valence-electron chi connectivity index (χ1n) is 7.58. The van der Waals surface area contributed by atoms with E-state index in [1.54, 1.807) is 0 Å². The molecule has 2 aromatic heterocycles. The van der Waals surface area contributed by atoms with Crippen molar-refractivity contribution in [3.05, 3.63) is 63.0 Å². The summed E-state index contributed by atoms with van der Waals surface area (Å²) in [6.45, 7) is 0. The molecule has 0 radical (unpaired) electrons. The largest absolute Gasteiger partial charge is 0.477 e. The second kappa shape index (κ2) is 5.35. The molecule has 0 fully saturated rings. The highest BCUT2D eigenvalue weighted by Gasteiger charge is 2.29. The van der Waals surface area contributed by atoms with E-state index in [9.17, 15) is 9.90 Å². The number of hydrogen-bond acceptors (Lipinski definition) is 3. The molecule has 4 nitrogen and oxygen atoms in total. The Kier molecular flexibility index (Phi) is 3.31. The summed E-state index contributed by atoms with van der Waals surface area (Å²) in [7, 11) is 1.92. The third kappa shape index (κ3) is 2.37. The molecular weight excluding hydrogens is 308 g/mol. The second-order valence-corrected chi connectivity index (χ2v) is 6.96. The van der Waals surface area contributed by atoms with E-state index in [-0.39, 0.29) is 0 Å². The van der Waals surface area contributed by atoms with Gasteiger partial charge in [-0.15, -0.1) is 11.3 Å². The van der Waals surface area contributed by atoms with Crippen LogP contribution in [-0.2, 0) is 26.3 Å². The number of hydrogen-bond donors (Lipinski definition) is 1. The van der Waals surface area contributed by atoms with Crippen molar-refractivity contribution in [3.63, 3.8) is 0 Å². The SMILES string of the molecule is Cn1cc2c(n1)-c1c(Cc3ccccc3)sc(C(=O)O)c1CC2. The summed E-state index contributed by atoms with van der Waals surface area (Å²) in [5.74, 6) is -0.829. The molecule has 23 heavy (non-hydrogen) atoms. The van der Waals surface area contributed by atoms with E-state index >= 15 is 0 Å². The van der Waals surface area contributed by atoms with Crippen LogP contribution >= 0.6 is 11.3 Å². The Labute approximate surface area is 138 Å². The van der Waals surface area contributed by atoms with Crippen LogP contribution in [0.1, 0.15) is 31.2 Å². The maximum absolute atomic E-state index is 11.6. The molecule has 1 N–H and O–H groups in total. The van der Waals surface area contributed by atoms with Gasteiger partial charge in [0.05, 0.1) is 5.69 Å². The Bertz CT molecular complexity index is 893. The summed E-state index contributed by atoms with van der Waals surface area (Å²) in [6.07, 6.45) is 4.43. The van der Waals surface area contributed by atoms with Gasteiger partial charge < -0.3 is 5.11 Å². The summed E-state index contributed by atoms with van der Waals surface area (Å²) in [4.78, 5) is 13.2. The molecule has 1 aliphatic rings. The third-order valence-electron chi connectivity index (χ3n) is 4.27. The van der Waals surface area contributed by atoms with Crippen LogP contribution in [0.3, 0.4) is 0 Å². The highest BCUT2D eigenvalue weighted by Crippen LogP contribution is 2.42. The van der Waals surface area contributed by atoms with E-state index in [2.05, 4.69) is 17.2 Å². The van der Waals surface area contributed by atoms with E-state index in [1.165, 1.54) is 22.5 Å². The molecule has 0 aliphatic heterocycles. The van der Waals surface area contributed by atoms with E-state index < -0.39 is 5.97 Å². The number of aromatic nitrogens is 2. The molecule has 0 bridgehead atoms. The van der Waals surface area contributed by atoms with Crippen molar-refractivity contribution < 1.29 is 9.90 Å². The molecule has 4 rings (SSSR count). The molecule has 116 valence electrons. The number of carbonyl (C=O) groups is 1. The van der Waals surface area contributed by atoms with Crippen molar-refractivity contribution in [1.29, 1.82) is 0 Å². The average Bonchev–Trinajstić information content (AvgIpc) is 3.08. The predicted molar refractivity (Wildman–Crippen MR) is 90.1 cm³/mol. The van der Waals surface area contributed by atoms with Gasteiger partial charge in [0.15, 0.2) is 0 Å². The summed E-state index contributed by atoms with van der Waals surface area (Å²) in [5.41, 5.74) is 5.38. The Balaban J connectivity index is 1.89. The summed E-state index contributed by atoms with van der Waals surface area (Å²) < 4.78 is 1.82. The maximum Gasteiger partial charge on any atom is 0.346 e. The van der Waals surface area contributed by atoms with E-state index in [4.69, 9.17) is 0 Å². The van der Waals surface area contributed by atoms with E-state index in [1.807, 2.05) is 36.1 Å². The summed E-state index contributed by atoms with van der Waals surface area (Å²) in [6, 6.07) is 10.2. The van der Waals surface area contributed by atoms with Crippen molar-refractivity contribution in [2.24, 2.45) is 7.05 Å². The van der Waals surface area contributed by atoms with Gasteiger partial charge in [-0.05, 0) is 29.5 Å². The van der Waals surface area contributed by atoms with Crippen molar-refractivity contribution in [3.8, 4) is 11.3 Å². The molecule has 0 spiro atoms. The topological polar surface area (TPSA) is 55.1 Å². The number of aromatic carboxylic acids is 1. The lowest BCUT2D eigenvalue weighted by Crippen LogP contribution is -2.06. The molecule has 2 heterocycles. The van der Waals surface area contributed by atoms with E-state index in [0.717, 1.165) is 41.0 Å². The zero-order chi connectivity index (χ0) is 16.0. The fraction of sp³-hybridized carbons (Fsp3) is 0.222. The zero-order valence-electron chi connectivity index (χ0n) is 12.7. The predicted octanol–water partition coefficient (Wildman–Crippen LogP) is 3.54. The van der Waals surface area contributed by atoms with Crippen LogP contribution in [0.5, 0.6) is 0 Å². The molecule has 5 heteroatoms. The van der Waals surface area contributed by atoms with Crippen LogP contribution in [0.4, 0.5) is 0 Å². The first kappa shape index (κ1) is 14.2. The molecule has 0 unspecified atom stereocenters. The molecular formula is C18H16N2O2S. The van der Waals surface area contributed by atoms with Gasteiger partial charge in [0, 0.05) is 30.1 Å². The molecule has 1 aliphatic carbocycles. The van der Waals surface area contributed by atoms with Gasteiger partial charge in [0.25, 0.3) is 0 Å². The van der Waals surface area contributed by atoms with Crippen molar-refractivity contribution in [2.45, 2.75) is 19.3 Å². The van der Waals surface area contributed by atoms with Gasteiger partial charge in [0.1, 0.15) is 4.88 Å². The number of carboxylic acids is 1. The Hall–Kier alpha value is -2.40. The van der Waals surface area contributed by atoms with Crippen LogP contribution in [-0.4, -0.2) is 20.9 Å². The monoisotopic (exact) mass is 324 g/mol. The van der Waals surface area contributed by atoms with Gasteiger partial charge in [-0.1, -0.05) is 30.3 Å². The average molecular weight is 324 g/mol. The van der Waals surface area contributed by atoms with Crippen LogP contribution in [0.25, 0.3) is 11.3 Å². The normalized spacial score (nSPS) is 12.7. The quantitative estimate of drug-likeness (QED) is 0.802. The molecule has 0 amide bonds. The van der Waals surface area contributed by atoms with E-state index in [0.29, 0.717) is 4.88 Å². The first-order chi connectivity index (χ1) is 11.1. The van der Waals surface area contributed by atoms with Crippen LogP contribution < -0.4 is 0 Å². The minimum atomic E-state index is -0.829. The molecule has 0 atom stereocenters. The summed E-state index contributed by atoms with van der Waals surface area (Å²) in [5, 5.41) is 14.2. The standard InChI is InChI=1S/C18H16N2O2S/c1-20-10-12-7-8-13-15(16(12)19-20)14(23-17(13)18(21)22)9-11-5-3-2-4-6-11/h2-6,10H,7-9H2,1H3,(H,21,22). The van der Waals surface area contributed by atoms with Gasteiger partial charge in [-0.25, -0.2) is 4.79 Å². The summed E-state index contributed by atoms with van der Waals surface area (Å²) >= 11 is 1.40. The number of nitrogens with zero attached hydrogens (tertiary/aromatic N) is 2. The lowest BCUT2D eigenvalue weighted by Gasteiger charge is -2.13. The number of thiophene rings is 1. The Morgan fingerprint density at radius 2 is 2.09 bits per heavy atom. The number of benzene rings is 1. The molecule has 3 aromatic rings. The van der Waals surface area contributed by atoms with Crippen LogP contribution in [0, 0.1) is 0 Å². The van der Waals surface area contributed by atoms with Crippen LogP contribution in [0.2, 0.25) is 0 Å². The highest BCUT2D eigenvalue weighted by molar-refractivity contribution is 7.14. The van der Waals surface area contributed by atoms with Gasteiger partial charge >= 0.3 is 5.97 Å². The zero-order valence-corrected chi connectivity index (χ0v) is 13.6. The molecule has 0 saturated carbocycles. The number of fused-ring (bicyclic) bond motifs is 3.